The van der Waals surface area contributed by atoms with E-state index in [0.717, 1.165) is 13.2 Å². The number of ether oxygens (including phenoxy) is 1. The number of hydrogen-bond acceptors (Lipinski definition) is 4. The minimum absolute atomic E-state index is 0.00893. The molecule has 5 nitrogen and oxygen atoms in total. The van der Waals surface area contributed by atoms with Crippen molar-refractivity contribution in [2.24, 2.45) is 5.73 Å². The summed E-state index contributed by atoms with van der Waals surface area (Å²) in [5.74, 6) is 0.00893. The molecule has 2 atom stereocenters. The number of rotatable bonds is 4. The van der Waals surface area contributed by atoms with E-state index in [2.05, 4.69) is 10.2 Å². The molecule has 2 heterocycles. The molecule has 0 spiro atoms. The van der Waals surface area contributed by atoms with Gasteiger partial charge in [0, 0.05) is 31.1 Å². The van der Waals surface area contributed by atoms with Crippen molar-refractivity contribution < 1.29 is 9.53 Å². The number of carbonyl (C=O) groups is 1. The standard InChI is InChI=1S/C13H25N3O2/c1-13(2,14)6-12(17)15-7-11-8-16-5-3-4-10(16)9-18-11/h10-11H,3-9,14H2,1-2H3,(H,15,17). The average Bonchev–Trinajstić information content (AvgIpc) is 2.71. The monoisotopic (exact) mass is 255 g/mol. The predicted octanol–water partition coefficient (Wildman–Crippen LogP) is 0.0932. The smallest absolute Gasteiger partial charge is 0.221 e. The Balaban J connectivity index is 1.69. The number of hydrogen-bond donors (Lipinski definition) is 2. The van der Waals surface area contributed by atoms with Crippen LogP contribution in [0.2, 0.25) is 0 Å². The van der Waals surface area contributed by atoms with Gasteiger partial charge >= 0.3 is 0 Å². The van der Waals surface area contributed by atoms with E-state index in [9.17, 15) is 4.79 Å². The normalized spacial score (nSPS) is 29.1. The van der Waals surface area contributed by atoms with Crippen LogP contribution >= 0.6 is 0 Å². The molecule has 5 heteroatoms. The fourth-order valence-electron chi connectivity index (χ4n) is 2.71. The molecule has 18 heavy (non-hydrogen) atoms. The molecule has 2 rings (SSSR count). The maximum absolute atomic E-state index is 11.7. The van der Waals surface area contributed by atoms with Crippen molar-refractivity contribution in [3.8, 4) is 0 Å². The second-order valence-corrected chi connectivity index (χ2v) is 6.22. The quantitative estimate of drug-likeness (QED) is 0.747. The highest BCUT2D eigenvalue weighted by atomic mass is 16.5. The SMILES string of the molecule is CC(C)(N)CC(=O)NCC1CN2CCCC2CO1. The minimum Gasteiger partial charge on any atom is -0.373 e. The number of nitrogens with one attached hydrogen (secondary N) is 1. The van der Waals surface area contributed by atoms with Gasteiger partial charge in [-0.2, -0.15) is 0 Å². The van der Waals surface area contributed by atoms with Crippen LogP contribution < -0.4 is 11.1 Å². The van der Waals surface area contributed by atoms with Gasteiger partial charge in [0.05, 0.1) is 12.7 Å². The molecule has 0 bridgehead atoms. The van der Waals surface area contributed by atoms with Crippen molar-refractivity contribution in [2.45, 2.75) is 50.8 Å². The maximum atomic E-state index is 11.7. The van der Waals surface area contributed by atoms with E-state index in [-0.39, 0.29) is 12.0 Å². The van der Waals surface area contributed by atoms with Gasteiger partial charge in [-0.1, -0.05) is 0 Å². The van der Waals surface area contributed by atoms with Crippen LogP contribution in [0, 0.1) is 0 Å². The van der Waals surface area contributed by atoms with Crippen LogP contribution in [0.15, 0.2) is 0 Å². The van der Waals surface area contributed by atoms with Crippen molar-refractivity contribution in [1.29, 1.82) is 0 Å². The number of carbonyl (C=O) groups excluding carboxylic acids is 1. The lowest BCUT2D eigenvalue weighted by Crippen LogP contribution is -2.50. The van der Waals surface area contributed by atoms with E-state index in [1.54, 1.807) is 0 Å². The van der Waals surface area contributed by atoms with Crippen LogP contribution in [0.5, 0.6) is 0 Å². The molecule has 104 valence electrons. The number of nitrogens with two attached hydrogens (primary N) is 1. The minimum atomic E-state index is -0.447. The van der Waals surface area contributed by atoms with Gasteiger partial charge in [-0.25, -0.2) is 0 Å². The van der Waals surface area contributed by atoms with E-state index < -0.39 is 5.54 Å². The Morgan fingerprint density at radius 2 is 2.33 bits per heavy atom. The van der Waals surface area contributed by atoms with Crippen molar-refractivity contribution >= 4 is 5.91 Å². The zero-order valence-electron chi connectivity index (χ0n) is 11.4. The number of fused-ring (bicyclic) bond motifs is 1. The molecule has 1 amide bonds. The highest BCUT2D eigenvalue weighted by Gasteiger charge is 2.32. The molecular weight excluding hydrogens is 230 g/mol. The molecule has 3 N–H and O–H groups in total. The highest BCUT2D eigenvalue weighted by Crippen LogP contribution is 2.22. The van der Waals surface area contributed by atoms with Crippen LogP contribution in [0.1, 0.15) is 33.1 Å². The second-order valence-electron chi connectivity index (χ2n) is 6.22. The first-order chi connectivity index (χ1) is 8.44. The summed E-state index contributed by atoms with van der Waals surface area (Å²) in [6.07, 6.45) is 3.00. The lowest BCUT2D eigenvalue weighted by Gasteiger charge is -2.35. The van der Waals surface area contributed by atoms with Crippen LogP contribution in [-0.2, 0) is 9.53 Å². The van der Waals surface area contributed by atoms with E-state index in [1.807, 2.05) is 13.8 Å². The Hall–Kier alpha value is -0.650. The molecule has 0 aromatic carbocycles. The lowest BCUT2D eigenvalue weighted by molar-refractivity contribution is -0.123. The molecule has 0 aromatic heterocycles. The summed E-state index contributed by atoms with van der Waals surface area (Å²) in [5.41, 5.74) is 5.37. The molecule has 2 fully saturated rings. The molecule has 0 saturated carbocycles. The number of amides is 1. The average molecular weight is 255 g/mol. The third kappa shape index (κ3) is 3.93. The van der Waals surface area contributed by atoms with Crippen LogP contribution in [-0.4, -0.2) is 54.7 Å². The maximum Gasteiger partial charge on any atom is 0.221 e. The summed E-state index contributed by atoms with van der Waals surface area (Å²) < 4.78 is 5.78. The molecule has 0 aromatic rings. The first-order valence-electron chi connectivity index (χ1n) is 6.85. The molecular formula is C13H25N3O2. The van der Waals surface area contributed by atoms with E-state index in [4.69, 9.17) is 10.5 Å². The topological polar surface area (TPSA) is 67.6 Å². The van der Waals surface area contributed by atoms with Gasteiger partial charge in [0.25, 0.3) is 0 Å². The first-order valence-corrected chi connectivity index (χ1v) is 6.85. The van der Waals surface area contributed by atoms with Gasteiger partial charge < -0.3 is 15.8 Å². The first kappa shape index (κ1) is 13.8. The molecule has 0 aliphatic carbocycles. The zero-order chi connectivity index (χ0) is 13.2. The van der Waals surface area contributed by atoms with Crippen molar-refractivity contribution in [3.05, 3.63) is 0 Å². The van der Waals surface area contributed by atoms with Crippen LogP contribution in [0.4, 0.5) is 0 Å². The van der Waals surface area contributed by atoms with E-state index in [1.165, 1.54) is 19.4 Å². The molecule has 2 aliphatic heterocycles. The van der Waals surface area contributed by atoms with Crippen molar-refractivity contribution in [3.63, 3.8) is 0 Å². The summed E-state index contributed by atoms with van der Waals surface area (Å²) >= 11 is 0. The second kappa shape index (κ2) is 5.55. The van der Waals surface area contributed by atoms with Gasteiger partial charge in [0.2, 0.25) is 5.91 Å². The highest BCUT2D eigenvalue weighted by molar-refractivity contribution is 5.77. The summed E-state index contributed by atoms with van der Waals surface area (Å²) in [6, 6.07) is 0.611. The lowest BCUT2D eigenvalue weighted by atomic mass is 10.0. The van der Waals surface area contributed by atoms with Gasteiger partial charge in [-0.05, 0) is 33.2 Å². The van der Waals surface area contributed by atoms with Gasteiger partial charge in [0.1, 0.15) is 0 Å². The Morgan fingerprint density at radius 1 is 1.56 bits per heavy atom. The van der Waals surface area contributed by atoms with Crippen LogP contribution in [0.3, 0.4) is 0 Å². The zero-order valence-corrected chi connectivity index (χ0v) is 11.4. The third-order valence-electron chi connectivity index (χ3n) is 3.60. The van der Waals surface area contributed by atoms with Crippen LogP contribution in [0.25, 0.3) is 0 Å². The van der Waals surface area contributed by atoms with Crippen molar-refractivity contribution in [2.75, 3.05) is 26.2 Å². The Morgan fingerprint density at radius 3 is 3.06 bits per heavy atom. The summed E-state index contributed by atoms with van der Waals surface area (Å²) in [7, 11) is 0. The molecule has 2 saturated heterocycles. The van der Waals surface area contributed by atoms with Gasteiger partial charge in [0.15, 0.2) is 0 Å². The largest absolute Gasteiger partial charge is 0.373 e. The number of nitrogens with zero attached hydrogens (tertiary/aromatic N) is 1. The molecule has 2 aliphatic rings. The van der Waals surface area contributed by atoms with Gasteiger partial charge in [-0.3, -0.25) is 9.69 Å². The van der Waals surface area contributed by atoms with Gasteiger partial charge in [-0.15, -0.1) is 0 Å². The summed E-state index contributed by atoms with van der Waals surface area (Å²) in [6.45, 7) is 7.24. The molecule has 0 radical (unpaired) electrons. The fraction of sp³-hybridized carbons (Fsp3) is 0.923. The summed E-state index contributed by atoms with van der Waals surface area (Å²) in [4.78, 5) is 14.1. The predicted molar refractivity (Wildman–Crippen MR) is 70.2 cm³/mol. The summed E-state index contributed by atoms with van der Waals surface area (Å²) in [5, 5.41) is 2.92. The Labute approximate surface area is 109 Å². The van der Waals surface area contributed by atoms with E-state index in [0.29, 0.717) is 19.0 Å². The fourth-order valence-corrected chi connectivity index (χ4v) is 2.71. The third-order valence-corrected chi connectivity index (χ3v) is 3.60. The Kier molecular flexibility index (Phi) is 4.25. The number of morpholine rings is 1. The van der Waals surface area contributed by atoms with E-state index >= 15 is 0 Å². The molecule has 2 unspecified atom stereocenters. The van der Waals surface area contributed by atoms with Crippen molar-refractivity contribution in [1.82, 2.24) is 10.2 Å². The Bertz CT molecular complexity index is 301.